The number of thiazole rings is 1. The summed E-state index contributed by atoms with van der Waals surface area (Å²) in [4.78, 5) is 21.4. The summed E-state index contributed by atoms with van der Waals surface area (Å²) in [5.41, 5.74) is 0.857. The first-order valence-corrected chi connectivity index (χ1v) is 8.91. The number of hydrogen-bond acceptors (Lipinski definition) is 6. The number of anilines is 1. The summed E-state index contributed by atoms with van der Waals surface area (Å²) in [7, 11) is 0. The first-order chi connectivity index (χ1) is 11.2. The van der Waals surface area contributed by atoms with Gasteiger partial charge in [-0.2, -0.15) is 0 Å². The van der Waals surface area contributed by atoms with Gasteiger partial charge < -0.3 is 10.1 Å². The van der Waals surface area contributed by atoms with E-state index in [4.69, 9.17) is 4.74 Å². The fraction of sp³-hybridized carbons (Fsp3) is 0.188. The highest BCUT2D eigenvalue weighted by atomic mass is 32.2. The smallest absolute Gasteiger partial charge is 0.236 e. The molecule has 0 aliphatic rings. The summed E-state index contributed by atoms with van der Waals surface area (Å²) in [5, 5.41) is 3.45. The summed E-state index contributed by atoms with van der Waals surface area (Å²) in [6, 6.07) is 9.49. The second kappa shape index (κ2) is 7.43. The van der Waals surface area contributed by atoms with Crippen LogP contribution in [0.5, 0.6) is 5.75 Å². The fourth-order valence-corrected chi connectivity index (χ4v) is 3.55. The van der Waals surface area contributed by atoms with E-state index in [9.17, 15) is 4.79 Å². The lowest BCUT2D eigenvalue weighted by Crippen LogP contribution is -2.13. The number of rotatable bonds is 6. The van der Waals surface area contributed by atoms with Crippen LogP contribution in [0.2, 0.25) is 0 Å². The predicted octanol–water partition coefficient (Wildman–Crippen LogP) is 3.82. The van der Waals surface area contributed by atoms with Gasteiger partial charge in [-0.05, 0) is 37.3 Å². The molecule has 3 aromatic rings. The fourth-order valence-electron chi connectivity index (χ4n) is 1.95. The summed E-state index contributed by atoms with van der Waals surface area (Å²) >= 11 is 2.91. The van der Waals surface area contributed by atoms with Gasteiger partial charge in [-0.15, -0.1) is 11.8 Å². The Morgan fingerprint density at radius 1 is 1.30 bits per heavy atom. The number of aromatic nitrogens is 2. The topological polar surface area (TPSA) is 64.1 Å². The number of fused-ring (bicyclic) bond motifs is 1. The first-order valence-electron chi connectivity index (χ1n) is 7.10. The highest BCUT2D eigenvalue weighted by Gasteiger charge is 2.09. The number of benzene rings is 1. The lowest BCUT2D eigenvalue weighted by molar-refractivity contribution is -0.113. The van der Waals surface area contributed by atoms with Crippen molar-refractivity contribution >= 4 is 44.4 Å². The average molecular weight is 345 g/mol. The average Bonchev–Trinajstić information content (AvgIpc) is 2.95. The summed E-state index contributed by atoms with van der Waals surface area (Å²) in [6.45, 7) is 2.57. The van der Waals surface area contributed by atoms with E-state index in [1.54, 1.807) is 12.4 Å². The first kappa shape index (κ1) is 15.8. The third-order valence-electron chi connectivity index (χ3n) is 2.94. The Morgan fingerprint density at radius 2 is 2.13 bits per heavy atom. The van der Waals surface area contributed by atoms with E-state index in [1.807, 2.05) is 37.3 Å². The van der Waals surface area contributed by atoms with Crippen LogP contribution in [0, 0.1) is 0 Å². The van der Waals surface area contributed by atoms with Gasteiger partial charge in [-0.1, -0.05) is 11.3 Å². The number of nitrogens with one attached hydrogen (secondary N) is 1. The minimum Gasteiger partial charge on any atom is -0.494 e. The molecule has 0 aliphatic heterocycles. The van der Waals surface area contributed by atoms with E-state index < -0.39 is 0 Å². The Kier molecular flexibility index (Phi) is 5.09. The van der Waals surface area contributed by atoms with Gasteiger partial charge in [-0.3, -0.25) is 9.78 Å². The molecule has 7 heteroatoms. The lowest BCUT2D eigenvalue weighted by Gasteiger charge is -2.01. The lowest BCUT2D eigenvalue weighted by atomic mass is 10.3. The number of amides is 1. The van der Waals surface area contributed by atoms with Crippen LogP contribution in [-0.2, 0) is 4.79 Å². The molecule has 0 saturated carbocycles. The molecule has 0 aliphatic carbocycles. The molecular formula is C16H15N3O2S2. The van der Waals surface area contributed by atoms with Gasteiger partial charge >= 0.3 is 0 Å². The Bertz CT molecular complexity index is 805. The molecule has 3 rings (SSSR count). The Balaban J connectivity index is 1.63. The van der Waals surface area contributed by atoms with Crippen LogP contribution in [-0.4, -0.2) is 28.2 Å². The molecule has 0 radical (unpaired) electrons. The quantitative estimate of drug-likeness (QED) is 0.688. The van der Waals surface area contributed by atoms with E-state index in [-0.39, 0.29) is 5.91 Å². The Hall–Kier alpha value is -2.12. The van der Waals surface area contributed by atoms with Gasteiger partial charge in [0.05, 0.1) is 22.6 Å². The number of carbonyl (C=O) groups is 1. The zero-order chi connectivity index (χ0) is 16.1. The van der Waals surface area contributed by atoms with Crippen molar-refractivity contribution in [1.82, 2.24) is 9.97 Å². The van der Waals surface area contributed by atoms with Crippen LogP contribution in [0.3, 0.4) is 0 Å². The van der Waals surface area contributed by atoms with Crippen molar-refractivity contribution in [2.24, 2.45) is 0 Å². The molecule has 118 valence electrons. The van der Waals surface area contributed by atoms with Crippen LogP contribution in [0.4, 0.5) is 5.13 Å². The summed E-state index contributed by atoms with van der Waals surface area (Å²) in [5.74, 6) is 1.08. The van der Waals surface area contributed by atoms with Crippen LogP contribution in [0.15, 0.2) is 47.6 Å². The third-order valence-corrected chi connectivity index (χ3v) is 4.88. The minimum absolute atomic E-state index is 0.0732. The van der Waals surface area contributed by atoms with Crippen LogP contribution in [0.25, 0.3) is 10.2 Å². The second-order valence-electron chi connectivity index (χ2n) is 4.60. The molecule has 2 heterocycles. The highest BCUT2D eigenvalue weighted by Crippen LogP contribution is 2.29. The zero-order valence-corrected chi connectivity index (χ0v) is 14.1. The van der Waals surface area contributed by atoms with Gasteiger partial charge in [-0.25, -0.2) is 4.98 Å². The molecule has 1 aromatic carbocycles. The van der Waals surface area contributed by atoms with Gasteiger partial charge in [0.25, 0.3) is 0 Å². The van der Waals surface area contributed by atoms with Crippen LogP contribution >= 0.6 is 23.1 Å². The zero-order valence-electron chi connectivity index (χ0n) is 12.5. The minimum atomic E-state index is -0.0732. The maximum absolute atomic E-state index is 12.0. The van der Waals surface area contributed by atoms with Crippen molar-refractivity contribution in [1.29, 1.82) is 0 Å². The predicted molar refractivity (Wildman–Crippen MR) is 94.4 cm³/mol. The second-order valence-corrected chi connectivity index (χ2v) is 6.68. The van der Waals surface area contributed by atoms with E-state index in [0.29, 0.717) is 17.5 Å². The molecule has 23 heavy (non-hydrogen) atoms. The number of hydrogen-bond donors (Lipinski definition) is 1. The number of carbonyl (C=O) groups excluding carboxylic acids is 1. The number of thioether (sulfide) groups is 1. The molecule has 0 unspecified atom stereocenters. The van der Waals surface area contributed by atoms with Crippen molar-refractivity contribution in [3.05, 3.63) is 42.7 Å². The van der Waals surface area contributed by atoms with E-state index in [2.05, 4.69) is 15.3 Å². The molecule has 5 nitrogen and oxygen atoms in total. The van der Waals surface area contributed by atoms with Crippen molar-refractivity contribution in [2.75, 3.05) is 17.7 Å². The molecule has 0 fully saturated rings. The number of pyridine rings is 1. The summed E-state index contributed by atoms with van der Waals surface area (Å²) in [6.07, 6.45) is 3.42. The Labute approximate surface area is 142 Å². The number of ether oxygens (including phenoxy) is 1. The molecular weight excluding hydrogens is 330 g/mol. The van der Waals surface area contributed by atoms with Crippen LogP contribution in [0.1, 0.15) is 6.92 Å². The van der Waals surface area contributed by atoms with Gasteiger partial charge in [0, 0.05) is 17.3 Å². The van der Waals surface area contributed by atoms with Gasteiger partial charge in [0.2, 0.25) is 5.91 Å². The number of nitrogens with zero attached hydrogens (tertiary/aromatic N) is 2. The standard InChI is InChI=1S/C16H15N3O2S2/c1-2-21-11-3-4-13-14(9-11)23-16(18-13)19-15(20)10-22-12-5-7-17-8-6-12/h3-9H,2,10H2,1H3,(H,18,19,20). The van der Waals surface area contributed by atoms with E-state index >= 15 is 0 Å². The van der Waals surface area contributed by atoms with E-state index in [0.717, 1.165) is 20.9 Å². The van der Waals surface area contributed by atoms with Crippen molar-refractivity contribution in [3.8, 4) is 5.75 Å². The highest BCUT2D eigenvalue weighted by molar-refractivity contribution is 8.00. The van der Waals surface area contributed by atoms with Crippen LogP contribution < -0.4 is 10.1 Å². The largest absolute Gasteiger partial charge is 0.494 e. The monoisotopic (exact) mass is 345 g/mol. The molecule has 0 saturated heterocycles. The van der Waals surface area contributed by atoms with Gasteiger partial charge in [0.1, 0.15) is 5.75 Å². The molecule has 0 bridgehead atoms. The molecule has 0 atom stereocenters. The van der Waals surface area contributed by atoms with Crippen molar-refractivity contribution in [3.63, 3.8) is 0 Å². The SMILES string of the molecule is CCOc1ccc2nc(NC(=O)CSc3ccncc3)sc2c1. The third kappa shape index (κ3) is 4.20. The maximum atomic E-state index is 12.0. The molecule has 0 spiro atoms. The normalized spacial score (nSPS) is 10.7. The van der Waals surface area contributed by atoms with Crippen molar-refractivity contribution in [2.45, 2.75) is 11.8 Å². The Morgan fingerprint density at radius 3 is 2.91 bits per heavy atom. The molecule has 2 aromatic heterocycles. The van der Waals surface area contributed by atoms with E-state index in [1.165, 1.54) is 23.1 Å². The van der Waals surface area contributed by atoms with Gasteiger partial charge in [0.15, 0.2) is 5.13 Å². The molecule has 1 N–H and O–H groups in total. The van der Waals surface area contributed by atoms with Crippen molar-refractivity contribution < 1.29 is 9.53 Å². The molecule has 1 amide bonds. The maximum Gasteiger partial charge on any atom is 0.236 e. The summed E-state index contributed by atoms with van der Waals surface area (Å²) < 4.78 is 6.47.